The molecule has 142 valence electrons. The zero-order valence-electron chi connectivity index (χ0n) is 15.5. The molecule has 4 rings (SSSR count). The van der Waals surface area contributed by atoms with Crippen molar-refractivity contribution in [1.29, 1.82) is 0 Å². The normalized spacial score (nSPS) is 13.0. The van der Waals surface area contributed by atoms with Gasteiger partial charge in [0.15, 0.2) is 5.76 Å². The van der Waals surface area contributed by atoms with Crippen LogP contribution in [0.5, 0.6) is 5.75 Å². The van der Waals surface area contributed by atoms with E-state index in [9.17, 15) is 9.59 Å². The summed E-state index contributed by atoms with van der Waals surface area (Å²) in [7, 11) is 1.57. The topological polar surface area (TPSA) is 71.8 Å². The summed E-state index contributed by atoms with van der Waals surface area (Å²) in [5.41, 5.74) is 3.42. The van der Waals surface area contributed by atoms with Gasteiger partial charge in [-0.2, -0.15) is 0 Å². The predicted molar refractivity (Wildman–Crippen MR) is 105 cm³/mol. The largest absolute Gasteiger partial charge is 0.497 e. The molecule has 3 aromatic rings. The van der Waals surface area contributed by atoms with Crippen LogP contribution >= 0.6 is 0 Å². The Morgan fingerprint density at radius 1 is 1.07 bits per heavy atom. The van der Waals surface area contributed by atoms with E-state index in [1.807, 2.05) is 18.2 Å². The Hall–Kier alpha value is -3.54. The van der Waals surface area contributed by atoms with Crippen LogP contribution in [0.3, 0.4) is 0 Å². The first-order chi connectivity index (χ1) is 13.6. The minimum absolute atomic E-state index is 0.124. The summed E-state index contributed by atoms with van der Waals surface area (Å²) >= 11 is 0. The monoisotopic (exact) mass is 376 g/mol. The number of ether oxygens (including phenoxy) is 1. The number of fused-ring (bicyclic) bond motifs is 1. The van der Waals surface area contributed by atoms with E-state index in [1.165, 1.54) is 11.8 Å². The van der Waals surface area contributed by atoms with E-state index >= 15 is 0 Å². The first kappa shape index (κ1) is 17.9. The fraction of sp³-hybridized carbons (Fsp3) is 0.182. The van der Waals surface area contributed by atoms with E-state index in [0.717, 1.165) is 12.0 Å². The van der Waals surface area contributed by atoms with Crippen LogP contribution in [0.15, 0.2) is 65.3 Å². The van der Waals surface area contributed by atoms with E-state index in [4.69, 9.17) is 9.15 Å². The van der Waals surface area contributed by atoms with Crippen LogP contribution in [0.4, 0.5) is 5.69 Å². The average molecular weight is 376 g/mol. The highest BCUT2D eigenvalue weighted by Crippen LogP contribution is 2.24. The van der Waals surface area contributed by atoms with Gasteiger partial charge in [0.2, 0.25) is 0 Å². The Labute approximate surface area is 162 Å². The Morgan fingerprint density at radius 3 is 2.75 bits per heavy atom. The Kier molecular flexibility index (Phi) is 4.85. The third-order valence-electron chi connectivity index (χ3n) is 4.83. The maximum Gasteiger partial charge on any atom is 0.289 e. The summed E-state index contributed by atoms with van der Waals surface area (Å²) in [5, 5.41) is 2.91. The van der Waals surface area contributed by atoms with Gasteiger partial charge in [-0.15, -0.1) is 0 Å². The van der Waals surface area contributed by atoms with Gasteiger partial charge in [0.1, 0.15) is 5.75 Å². The smallest absolute Gasteiger partial charge is 0.289 e. The SMILES string of the molecule is COc1cccc(C(=O)Nc2ccc3c(c2)CN(C(=O)c2ccco2)CC3)c1. The van der Waals surface area contributed by atoms with Gasteiger partial charge in [0.05, 0.1) is 13.4 Å². The van der Waals surface area contributed by atoms with Crippen LogP contribution in [0.1, 0.15) is 32.0 Å². The highest BCUT2D eigenvalue weighted by Gasteiger charge is 2.23. The van der Waals surface area contributed by atoms with Gasteiger partial charge in [-0.25, -0.2) is 0 Å². The number of methoxy groups -OCH3 is 1. The molecule has 0 spiro atoms. The van der Waals surface area contributed by atoms with Crippen LogP contribution in [-0.2, 0) is 13.0 Å². The van der Waals surface area contributed by atoms with Crippen molar-refractivity contribution in [2.24, 2.45) is 0 Å². The van der Waals surface area contributed by atoms with Crippen LogP contribution in [0.25, 0.3) is 0 Å². The third-order valence-corrected chi connectivity index (χ3v) is 4.83. The summed E-state index contributed by atoms with van der Waals surface area (Å²) in [4.78, 5) is 26.8. The molecule has 2 heterocycles. The first-order valence-corrected chi connectivity index (χ1v) is 9.04. The van der Waals surface area contributed by atoms with Crippen LogP contribution in [-0.4, -0.2) is 30.4 Å². The lowest BCUT2D eigenvalue weighted by atomic mass is 9.98. The molecule has 2 amide bonds. The van der Waals surface area contributed by atoms with Gasteiger partial charge in [-0.05, 0) is 60.0 Å². The molecule has 0 atom stereocenters. The van der Waals surface area contributed by atoms with Gasteiger partial charge in [0.25, 0.3) is 11.8 Å². The van der Waals surface area contributed by atoms with Crippen LogP contribution in [0.2, 0.25) is 0 Å². The van der Waals surface area contributed by atoms with E-state index in [0.29, 0.717) is 35.9 Å². The number of hydrogen-bond acceptors (Lipinski definition) is 4. The maximum atomic E-state index is 12.5. The molecule has 0 saturated heterocycles. The molecular weight excluding hydrogens is 356 g/mol. The number of carbonyl (C=O) groups excluding carboxylic acids is 2. The first-order valence-electron chi connectivity index (χ1n) is 9.04. The number of rotatable bonds is 4. The summed E-state index contributed by atoms with van der Waals surface area (Å²) in [6, 6.07) is 16.2. The lowest BCUT2D eigenvalue weighted by Gasteiger charge is -2.28. The van der Waals surface area contributed by atoms with Gasteiger partial charge in [-0.1, -0.05) is 12.1 Å². The summed E-state index contributed by atoms with van der Waals surface area (Å²) < 4.78 is 10.4. The lowest BCUT2D eigenvalue weighted by Crippen LogP contribution is -2.35. The van der Waals surface area contributed by atoms with Crippen molar-refractivity contribution in [3.63, 3.8) is 0 Å². The molecule has 0 radical (unpaired) electrons. The molecule has 1 aromatic heterocycles. The third kappa shape index (κ3) is 3.62. The fourth-order valence-electron chi connectivity index (χ4n) is 3.33. The number of benzene rings is 2. The van der Waals surface area contributed by atoms with E-state index in [2.05, 4.69) is 5.32 Å². The van der Waals surface area contributed by atoms with Crippen molar-refractivity contribution in [3.8, 4) is 5.75 Å². The summed E-state index contributed by atoms with van der Waals surface area (Å²) in [5.74, 6) is 0.635. The van der Waals surface area contributed by atoms with Crippen molar-refractivity contribution < 1.29 is 18.7 Å². The highest BCUT2D eigenvalue weighted by atomic mass is 16.5. The second-order valence-corrected chi connectivity index (χ2v) is 6.62. The minimum atomic E-state index is -0.210. The molecular formula is C22H20N2O4. The summed E-state index contributed by atoms with van der Waals surface area (Å²) in [6.45, 7) is 1.12. The molecule has 0 bridgehead atoms. The predicted octanol–water partition coefficient (Wildman–Crippen LogP) is 3.74. The zero-order valence-corrected chi connectivity index (χ0v) is 15.5. The molecule has 6 nitrogen and oxygen atoms in total. The van der Waals surface area contributed by atoms with E-state index in [1.54, 1.807) is 48.4 Å². The molecule has 1 N–H and O–H groups in total. The molecule has 28 heavy (non-hydrogen) atoms. The fourth-order valence-corrected chi connectivity index (χ4v) is 3.33. The average Bonchev–Trinajstić information content (AvgIpc) is 3.27. The Bertz CT molecular complexity index is 1010. The van der Waals surface area contributed by atoms with Crippen molar-refractivity contribution in [2.75, 3.05) is 19.0 Å². The minimum Gasteiger partial charge on any atom is -0.497 e. The molecule has 1 aliphatic heterocycles. The van der Waals surface area contributed by atoms with Crippen molar-refractivity contribution >= 4 is 17.5 Å². The zero-order chi connectivity index (χ0) is 19.5. The molecule has 0 fully saturated rings. The molecule has 0 aliphatic carbocycles. The van der Waals surface area contributed by atoms with Gasteiger partial charge in [0, 0.05) is 24.3 Å². The van der Waals surface area contributed by atoms with Gasteiger partial charge >= 0.3 is 0 Å². The number of nitrogens with one attached hydrogen (secondary N) is 1. The molecule has 2 aromatic carbocycles. The van der Waals surface area contributed by atoms with Crippen LogP contribution < -0.4 is 10.1 Å². The quantitative estimate of drug-likeness (QED) is 0.753. The Balaban J connectivity index is 1.50. The lowest BCUT2D eigenvalue weighted by molar-refractivity contribution is 0.0702. The van der Waals surface area contributed by atoms with Gasteiger partial charge < -0.3 is 19.4 Å². The standard InChI is InChI=1S/C22H20N2O4/c1-27-19-5-2-4-16(13-19)21(25)23-18-8-7-15-9-10-24(14-17(15)12-18)22(26)20-6-3-11-28-20/h2-8,11-13H,9-10,14H2,1H3,(H,23,25). The van der Waals surface area contributed by atoms with Crippen LogP contribution in [0, 0.1) is 0 Å². The molecule has 0 unspecified atom stereocenters. The van der Waals surface area contributed by atoms with Crippen molar-refractivity contribution in [1.82, 2.24) is 4.90 Å². The number of hydrogen-bond donors (Lipinski definition) is 1. The maximum absolute atomic E-state index is 12.5. The van der Waals surface area contributed by atoms with Crippen molar-refractivity contribution in [2.45, 2.75) is 13.0 Å². The van der Waals surface area contributed by atoms with Gasteiger partial charge in [-0.3, -0.25) is 9.59 Å². The number of nitrogens with zero attached hydrogens (tertiary/aromatic N) is 1. The number of anilines is 1. The molecule has 1 aliphatic rings. The molecule has 0 saturated carbocycles. The summed E-state index contributed by atoms with van der Waals surface area (Å²) in [6.07, 6.45) is 2.27. The second kappa shape index (κ2) is 7.60. The second-order valence-electron chi connectivity index (χ2n) is 6.62. The van der Waals surface area contributed by atoms with E-state index < -0.39 is 0 Å². The van der Waals surface area contributed by atoms with E-state index in [-0.39, 0.29) is 11.8 Å². The number of carbonyl (C=O) groups is 2. The number of amides is 2. The molecule has 6 heteroatoms. The van der Waals surface area contributed by atoms with Crippen molar-refractivity contribution in [3.05, 3.63) is 83.3 Å². The highest BCUT2D eigenvalue weighted by molar-refractivity contribution is 6.04. The number of furan rings is 1. The Morgan fingerprint density at radius 2 is 1.96 bits per heavy atom.